The smallest absolute Gasteiger partial charge is 0.327 e. The van der Waals surface area contributed by atoms with Crippen LogP contribution in [0.25, 0.3) is 11.4 Å². The number of halogens is 1. The normalized spacial score (nSPS) is 17.8. The number of piperazine rings is 1. The fourth-order valence-corrected chi connectivity index (χ4v) is 3.27. The lowest BCUT2D eigenvalue weighted by atomic mass is 10.1. The number of hydrogen-bond acceptors (Lipinski definition) is 4. The van der Waals surface area contributed by atoms with Crippen LogP contribution in [-0.2, 0) is 11.8 Å². The van der Waals surface area contributed by atoms with Gasteiger partial charge in [0.25, 0.3) is 0 Å². The number of aliphatic carboxylic acids is 1. The summed E-state index contributed by atoms with van der Waals surface area (Å²) in [4.78, 5) is 20.6. The number of imidazole rings is 1. The van der Waals surface area contributed by atoms with Gasteiger partial charge in [0.2, 0.25) is 0 Å². The van der Waals surface area contributed by atoms with E-state index in [0.29, 0.717) is 29.8 Å². The van der Waals surface area contributed by atoms with E-state index in [9.17, 15) is 9.90 Å². The van der Waals surface area contributed by atoms with Gasteiger partial charge >= 0.3 is 5.97 Å². The van der Waals surface area contributed by atoms with Crippen LogP contribution in [0, 0.1) is 0 Å². The van der Waals surface area contributed by atoms with Crippen LogP contribution in [0.3, 0.4) is 0 Å². The predicted molar refractivity (Wildman–Crippen MR) is 93.1 cm³/mol. The molecule has 1 aromatic heterocycles. The van der Waals surface area contributed by atoms with Crippen LogP contribution in [0.2, 0.25) is 5.15 Å². The first-order valence-corrected chi connectivity index (χ1v) is 8.29. The van der Waals surface area contributed by atoms with Crippen molar-refractivity contribution in [2.45, 2.75) is 6.04 Å². The second kappa shape index (κ2) is 6.93. The lowest BCUT2D eigenvalue weighted by Gasteiger charge is -2.35. The fraction of sp³-hybridized carbons (Fsp3) is 0.412. The van der Waals surface area contributed by atoms with Crippen molar-refractivity contribution < 1.29 is 9.90 Å². The molecule has 6 nitrogen and oxygen atoms in total. The van der Waals surface area contributed by atoms with Crippen LogP contribution in [-0.4, -0.2) is 63.7 Å². The molecule has 1 atom stereocenters. The van der Waals surface area contributed by atoms with E-state index in [2.05, 4.69) is 9.88 Å². The lowest BCUT2D eigenvalue weighted by Crippen LogP contribution is -2.48. The second-order valence-electron chi connectivity index (χ2n) is 6.12. The summed E-state index contributed by atoms with van der Waals surface area (Å²) in [5.74, 6) is -0.241. The number of rotatable bonds is 4. The molecule has 0 radical (unpaired) electrons. The molecule has 1 fully saturated rings. The van der Waals surface area contributed by atoms with E-state index >= 15 is 0 Å². The molecule has 1 aromatic carbocycles. The summed E-state index contributed by atoms with van der Waals surface area (Å²) in [5.41, 5.74) is 1.32. The van der Waals surface area contributed by atoms with Crippen molar-refractivity contribution in [3.05, 3.63) is 41.2 Å². The summed E-state index contributed by atoms with van der Waals surface area (Å²) in [5, 5.41) is 10.2. The van der Waals surface area contributed by atoms with E-state index in [1.54, 1.807) is 4.57 Å². The van der Waals surface area contributed by atoms with Crippen LogP contribution in [0.4, 0.5) is 0 Å². The Bertz CT molecular complexity index is 724. The van der Waals surface area contributed by atoms with Crippen molar-refractivity contribution in [1.82, 2.24) is 19.4 Å². The summed E-state index contributed by atoms with van der Waals surface area (Å²) in [6.45, 7) is 3.03. The van der Waals surface area contributed by atoms with Gasteiger partial charge in [0.05, 0.1) is 0 Å². The minimum atomic E-state index is -0.917. The SMILES string of the molecule is CN1CCN(C(C(=O)O)c2nc(-c3ccccc3)n(C)c2Cl)CC1. The molecule has 1 N–H and O–H groups in total. The zero-order chi connectivity index (χ0) is 17.3. The van der Waals surface area contributed by atoms with E-state index in [4.69, 9.17) is 11.6 Å². The van der Waals surface area contributed by atoms with E-state index in [1.807, 2.05) is 49.3 Å². The number of hydrogen-bond donors (Lipinski definition) is 1. The Morgan fingerprint density at radius 2 is 1.79 bits per heavy atom. The molecule has 0 bridgehead atoms. The Balaban J connectivity index is 1.99. The highest BCUT2D eigenvalue weighted by molar-refractivity contribution is 6.30. The van der Waals surface area contributed by atoms with Gasteiger partial charge in [-0.15, -0.1) is 0 Å². The van der Waals surface area contributed by atoms with E-state index in [-0.39, 0.29) is 0 Å². The summed E-state index contributed by atoms with van der Waals surface area (Å²) in [6, 6.07) is 8.83. The highest BCUT2D eigenvalue weighted by Gasteiger charge is 2.34. The van der Waals surface area contributed by atoms with E-state index in [1.165, 1.54) is 0 Å². The zero-order valence-electron chi connectivity index (χ0n) is 13.8. The van der Waals surface area contributed by atoms with Gasteiger partial charge in [-0.3, -0.25) is 9.69 Å². The monoisotopic (exact) mass is 348 g/mol. The predicted octanol–water partition coefficient (Wildman–Crippen LogP) is 2.11. The minimum absolute atomic E-state index is 0.375. The number of nitrogens with zero attached hydrogens (tertiary/aromatic N) is 4. The number of aromatic nitrogens is 2. The van der Waals surface area contributed by atoms with Gasteiger partial charge in [0.15, 0.2) is 6.04 Å². The molecule has 1 unspecified atom stereocenters. The van der Waals surface area contributed by atoms with E-state index in [0.717, 1.165) is 18.7 Å². The van der Waals surface area contributed by atoms with Gasteiger partial charge < -0.3 is 14.6 Å². The van der Waals surface area contributed by atoms with Crippen molar-refractivity contribution in [2.24, 2.45) is 7.05 Å². The largest absolute Gasteiger partial charge is 0.480 e. The van der Waals surface area contributed by atoms with Crippen molar-refractivity contribution in [1.29, 1.82) is 0 Å². The third kappa shape index (κ3) is 3.17. The van der Waals surface area contributed by atoms with Gasteiger partial charge in [-0.2, -0.15) is 0 Å². The summed E-state index contributed by atoms with van der Waals surface area (Å²) < 4.78 is 1.75. The summed E-state index contributed by atoms with van der Waals surface area (Å²) >= 11 is 6.45. The van der Waals surface area contributed by atoms with Crippen molar-refractivity contribution in [3.63, 3.8) is 0 Å². The lowest BCUT2D eigenvalue weighted by molar-refractivity contribution is -0.144. The molecule has 1 saturated heterocycles. The van der Waals surface area contributed by atoms with Gasteiger partial charge in [-0.1, -0.05) is 41.9 Å². The molecule has 128 valence electrons. The van der Waals surface area contributed by atoms with Crippen molar-refractivity contribution >= 4 is 17.6 Å². The van der Waals surface area contributed by atoms with Crippen LogP contribution in [0.5, 0.6) is 0 Å². The summed E-state index contributed by atoms with van der Waals surface area (Å²) in [6.07, 6.45) is 0. The third-order valence-corrected chi connectivity index (χ3v) is 4.92. The van der Waals surface area contributed by atoms with Gasteiger partial charge in [-0.25, -0.2) is 4.98 Å². The first-order chi connectivity index (χ1) is 11.5. The Morgan fingerprint density at radius 3 is 2.38 bits per heavy atom. The standard InChI is InChI=1S/C17H21ClN4O2/c1-20-8-10-22(11-9-20)14(17(23)24)13-15(18)21(2)16(19-13)12-6-4-3-5-7-12/h3-7,14H,8-11H2,1-2H3,(H,23,24). The molecule has 1 aliphatic rings. The molecule has 7 heteroatoms. The van der Waals surface area contributed by atoms with Gasteiger partial charge in [-0.05, 0) is 7.05 Å². The first-order valence-electron chi connectivity index (χ1n) is 7.92. The Hall–Kier alpha value is -1.89. The fourth-order valence-electron chi connectivity index (χ4n) is 3.05. The Morgan fingerprint density at radius 1 is 1.17 bits per heavy atom. The van der Waals surface area contributed by atoms with E-state index < -0.39 is 12.0 Å². The molecular formula is C17H21ClN4O2. The van der Waals surface area contributed by atoms with Crippen LogP contribution >= 0.6 is 11.6 Å². The topological polar surface area (TPSA) is 61.6 Å². The number of carbonyl (C=O) groups is 1. The maximum atomic E-state index is 11.9. The van der Waals surface area contributed by atoms with Crippen LogP contribution in [0.15, 0.2) is 30.3 Å². The number of benzene rings is 1. The molecule has 2 aromatic rings. The molecule has 0 spiro atoms. The number of carboxylic acids is 1. The van der Waals surface area contributed by atoms with Gasteiger partial charge in [0, 0.05) is 38.8 Å². The maximum Gasteiger partial charge on any atom is 0.327 e. The average molecular weight is 349 g/mol. The molecule has 2 heterocycles. The zero-order valence-corrected chi connectivity index (χ0v) is 14.6. The number of likely N-dealkylation sites (N-methyl/N-ethyl adjacent to an activating group) is 1. The Kier molecular flexibility index (Phi) is 4.89. The molecule has 0 aliphatic carbocycles. The number of carboxylic acid groups (broad SMARTS) is 1. The minimum Gasteiger partial charge on any atom is -0.480 e. The highest BCUT2D eigenvalue weighted by atomic mass is 35.5. The van der Waals surface area contributed by atoms with Crippen molar-refractivity contribution in [2.75, 3.05) is 33.2 Å². The third-order valence-electron chi connectivity index (χ3n) is 4.48. The molecule has 24 heavy (non-hydrogen) atoms. The molecule has 0 saturated carbocycles. The quantitative estimate of drug-likeness (QED) is 0.917. The second-order valence-corrected chi connectivity index (χ2v) is 6.47. The Labute approximate surface area is 146 Å². The first kappa shape index (κ1) is 17.0. The van der Waals surface area contributed by atoms with Crippen LogP contribution in [0.1, 0.15) is 11.7 Å². The van der Waals surface area contributed by atoms with Crippen molar-refractivity contribution in [3.8, 4) is 11.4 Å². The van der Waals surface area contributed by atoms with Gasteiger partial charge in [0.1, 0.15) is 16.7 Å². The molecule has 1 aliphatic heterocycles. The van der Waals surface area contributed by atoms with Crippen LogP contribution < -0.4 is 0 Å². The summed E-state index contributed by atoms with van der Waals surface area (Å²) in [7, 11) is 3.85. The maximum absolute atomic E-state index is 11.9. The highest BCUT2D eigenvalue weighted by Crippen LogP contribution is 2.32. The average Bonchev–Trinajstić information content (AvgIpc) is 2.86. The molecule has 0 amide bonds. The molecule has 3 rings (SSSR count). The molecular weight excluding hydrogens is 328 g/mol.